The SMILES string of the molecule is Cc1nc2sc3c(NCC4=C=C5CCCCCC(O)C5=CC=C4)ncnc3c2c(C)c1Cl. The van der Waals surface area contributed by atoms with Gasteiger partial charge in [0.05, 0.1) is 27.0 Å². The number of fused-ring (bicyclic) bond motifs is 4. The van der Waals surface area contributed by atoms with Gasteiger partial charge in [-0.2, -0.15) is 0 Å². The van der Waals surface area contributed by atoms with E-state index in [-0.39, 0.29) is 0 Å². The van der Waals surface area contributed by atoms with Crippen molar-refractivity contribution in [2.45, 2.75) is 52.1 Å². The van der Waals surface area contributed by atoms with Gasteiger partial charge < -0.3 is 10.4 Å². The first-order valence-electron chi connectivity index (χ1n) is 11.0. The Bertz CT molecular complexity index is 1350. The van der Waals surface area contributed by atoms with Crippen molar-refractivity contribution >= 4 is 49.2 Å². The summed E-state index contributed by atoms with van der Waals surface area (Å²) in [6.45, 7) is 4.53. The molecule has 0 amide bonds. The molecule has 1 fully saturated rings. The third kappa shape index (κ3) is 3.89. The molecule has 0 aromatic carbocycles. The summed E-state index contributed by atoms with van der Waals surface area (Å²) < 4.78 is 0.978. The quantitative estimate of drug-likeness (QED) is 0.452. The van der Waals surface area contributed by atoms with Gasteiger partial charge in [0.15, 0.2) is 0 Å². The van der Waals surface area contributed by atoms with Crippen LogP contribution < -0.4 is 5.32 Å². The molecular weight excluding hydrogens is 440 g/mol. The third-order valence-corrected chi connectivity index (χ3v) is 7.82. The Morgan fingerprint density at radius 2 is 2.12 bits per heavy atom. The van der Waals surface area contributed by atoms with Crippen molar-refractivity contribution in [3.8, 4) is 0 Å². The zero-order chi connectivity index (χ0) is 22.2. The number of hydrogen-bond acceptors (Lipinski definition) is 6. The summed E-state index contributed by atoms with van der Waals surface area (Å²) in [5.74, 6) is 0.786. The maximum Gasteiger partial charge on any atom is 0.147 e. The molecule has 1 atom stereocenters. The topological polar surface area (TPSA) is 70.9 Å². The first-order valence-corrected chi connectivity index (χ1v) is 12.2. The molecule has 3 aromatic heterocycles. The van der Waals surface area contributed by atoms with Crippen LogP contribution >= 0.6 is 22.9 Å². The van der Waals surface area contributed by atoms with Gasteiger partial charge in [-0.3, -0.25) is 0 Å². The molecule has 1 unspecified atom stereocenters. The molecule has 5 rings (SSSR count). The molecule has 3 aromatic rings. The van der Waals surface area contributed by atoms with E-state index >= 15 is 0 Å². The van der Waals surface area contributed by atoms with E-state index < -0.39 is 6.10 Å². The molecule has 2 aliphatic carbocycles. The van der Waals surface area contributed by atoms with Crippen molar-refractivity contribution in [2.24, 2.45) is 0 Å². The predicted octanol–water partition coefficient (Wildman–Crippen LogP) is 6.19. The van der Waals surface area contributed by atoms with Gasteiger partial charge in [0.25, 0.3) is 0 Å². The molecule has 0 bridgehead atoms. The Hall–Kier alpha value is -2.50. The summed E-state index contributed by atoms with van der Waals surface area (Å²) in [6, 6.07) is 0. The Balaban J connectivity index is 1.50. The van der Waals surface area contributed by atoms with E-state index in [4.69, 9.17) is 11.6 Å². The minimum Gasteiger partial charge on any atom is -0.388 e. The van der Waals surface area contributed by atoms with Gasteiger partial charge in [-0.1, -0.05) is 36.6 Å². The van der Waals surface area contributed by atoms with Crippen LogP contribution in [-0.2, 0) is 0 Å². The van der Waals surface area contributed by atoms with Crippen molar-refractivity contribution in [1.29, 1.82) is 0 Å². The maximum atomic E-state index is 10.6. The molecule has 3 heterocycles. The van der Waals surface area contributed by atoms with Crippen LogP contribution in [0.3, 0.4) is 0 Å². The van der Waals surface area contributed by atoms with Crippen molar-refractivity contribution in [3.05, 3.63) is 63.3 Å². The fourth-order valence-electron chi connectivity index (χ4n) is 4.47. The number of thiophene rings is 1. The molecule has 2 N–H and O–H groups in total. The lowest BCUT2D eigenvalue weighted by Gasteiger charge is -2.19. The van der Waals surface area contributed by atoms with Crippen LogP contribution in [-0.4, -0.2) is 32.7 Å². The number of aromatic nitrogens is 3. The van der Waals surface area contributed by atoms with Crippen LogP contribution in [0.2, 0.25) is 5.02 Å². The number of aliphatic hydroxyl groups excluding tert-OH is 1. The molecule has 0 saturated heterocycles. The monoisotopic (exact) mass is 464 g/mol. The lowest BCUT2D eigenvalue weighted by molar-refractivity contribution is 0.194. The minimum absolute atomic E-state index is 0.402. The average Bonchev–Trinajstić information content (AvgIpc) is 3.02. The summed E-state index contributed by atoms with van der Waals surface area (Å²) in [6.07, 6.45) is 12.4. The molecule has 7 heteroatoms. The van der Waals surface area contributed by atoms with E-state index in [1.165, 1.54) is 0 Å². The van der Waals surface area contributed by atoms with E-state index in [9.17, 15) is 5.11 Å². The summed E-state index contributed by atoms with van der Waals surface area (Å²) in [7, 11) is 0. The lowest BCUT2D eigenvalue weighted by Crippen LogP contribution is -2.14. The average molecular weight is 465 g/mol. The van der Waals surface area contributed by atoms with Crippen LogP contribution in [0.4, 0.5) is 5.82 Å². The van der Waals surface area contributed by atoms with Gasteiger partial charge in [0.1, 0.15) is 17.0 Å². The number of pyridine rings is 1. The van der Waals surface area contributed by atoms with E-state index in [2.05, 4.69) is 32.1 Å². The normalized spacial score (nSPS) is 19.0. The standard InChI is InChI=1S/C25H25ClN4OS/c1-14-20-22-23(32-25(20)30-15(2)21(14)26)24(29-13-28-22)27-12-16-7-6-9-18-17(11-16)8-4-3-5-10-19(18)31/h6-7,9,13,19,31H,3-5,8,10,12H2,1-2H3,(H,27,28,29). The highest BCUT2D eigenvalue weighted by Crippen LogP contribution is 2.39. The summed E-state index contributed by atoms with van der Waals surface area (Å²) in [4.78, 5) is 14.6. The Morgan fingerprint density at radius 1 is 1.25 bits per heavy atom. The number of allylic oxidation sites excluding steroid dienone is 2. The highest BCUT2D eigenvalue weighted by Gasteiger charge is 2.19. The molecule has 2 aliphatic rings. The highest BCUT2D eigenvalue weighted by atomic mass is 35.5. The molecule has 0 spiro atoms. The van der Waals surface area contributed by atoms with Crippen molar-refractivity contribution in [1.82, 2.24) is 15.0 Å². The summed E-state index contributed by atoms with van der Waals surface area (Å²) in [5.41, 5.74) is 9.46. The molecule has 0 aliphatic heterocycles. The van der Waals surface area contributed by atoms with Crippen LogP contribution in [0, 0.1) is 13.8 Å². The largest absolute Gasteiger partial charge is 0.388 e. The second-order valence-corrected chi connectivity index (χ2v) is 9.77. The smallest absolute Gasteiger partial charge is 0.147 e. The number of aryl methyl sites for hydroxylation is 2. The van der Waals surface area contributed by atoms with Gasteiger partial charge in [-0.25, -0.2) is 15.0 Å². The van der Waals surface area contributed by atoms with Crippen molar-refractivity contribution < 1.29 is 5.11 Å². The zero-order valence-electron chi connectivity index (χ0n) is 18.2. The second kappa shape index (κ2) is 8.80. The van der Waals surface area contributed by atoms with E-state index in [0.29, 0.717) is 11.6 Å². The predicted molar refractivity (Wildman–Crippen MR) is 133 cm³/mol. The summed E-state index contributed by atoms with van der Waals surface area (Å²) >= 11 is 8.04. The first-order chi connectivity index (χ1) is 15.5. The van der Waals surface area contributed by atoms with Crippen molar-refractivity contribution in [3.63, 3.8) is 0 Å². The van der Waals surface area contributed by atoms with Crippen LogP contribution in [0.25, 0.3) is 20.4 Å². The number of halogens is 1. The lowest BCUT2D eigenvalue weighted by atomic mass is 9.89. The fraction of sp³-hybridized carbons (Fsp3) is 0.360. The molecule has 1 saturated carbocycles. The van der Waals surface area contributed by atoms with Gasteiger partial charge in [-0.05, 0) is 50.3 Å². The number of anilines is 1. The van der Waals surface area contributed by atoms with Gasteiger partial charge in [0, 0.05) is 23.1 Å². The van der Waals surface area contributed by atoms with Crippen LogP contribution in [0.1, 0.15) is 43.4 Å². The number of nitrogens with zero attached hydrogens (tertiary/aromatic N) is 3. The van der Waals surface area contributed by atoms with E-state index in [1.54, 1.807) is 17.7 Å². The Morgan fingerprint density at radius 3 is 3.00 bits per heavy atom. The zero-order valence-corrected chi connectivity index (χ0v) is 19.8. The van der Waals surface area contributed by atoms with Gasteiger partial charge >= 0.3 is 0 Å². The molecule has 5 nitrogen and oxygen atoms in total. The Labute approximate surface area is 196 Å². The number of hydrogen-bond donors (Lipinski definition) is 2. The molecule has 32 heavy (non-hydrogen) atoms. The minimum atomic E-state index is -0.402. The molecular formula is C25H25ClN4OS. The highest BCUT2D eigenvalue weighted by molar-refractivity contribution is 7.26. The molecule has 0 radical (unpaired) electrons. The number of aliphatic hydroxyl groups is 1. The van der Waals surface area contributed by atoms with Crippen molar-refractivity contribution in [2.75, 3.05) is 11.9 Å². The second-order valence-electron chi connectivity index (χ2n) is 8.40. The van der Waals surface area contributed by atoms with E-state index in [1.807, 2.05) is 26.0 Å². The van der Waals surface area contributed by atoms with Gasteiger partial charge in [0.2, 0.25) is 0 Å². The Kier molecular flexibility index (Phi) is 5.87. The summed E-state index contributed by atoms with van der Waals surface area (Å²) in [5, 5.41) is 15.7. The van der Waals surface area contributed by atoms with Gasteiger partial charge in [-0.15, -0.1) is 17.1 Å². The fourth-order valence-corrected chi connectivity index (χ4v) is 5.81. The number of nitrogens with one attached hydrogen (secondary N) is 1. The van der Waals surface area contributed by atoms with E-state index in [0.717, 1.165) is 86.3 Å². The van der Waals surface area contributed by atoms with Crippen LogP contribution in [0.15, 0.2) is 47.0 Å². The third-order valence-electron chi connectivity index (χ3n) is 6.19. The maximum absolute atomic E-state index is 10.6. The molecule has 164 valence electrons. The first kappa shape index (κ1) is 21.4. The number of rotatable bonds is 3. The van der Waals surface area contributed by atoms with Crippen LogP contribution in [0.5, 0.6) is 0 Å².